The number of anilines is 1. The highest BCUT2D eigenvalue weighted by Crippen LogP contribution is 2.07. The van der Waals surface area contributed by atoms with Gasteiger partial charge in [-0.15, -0.1) is 0 Å². The number of rotatable bonds is 4. The van der Waals surface area contributed by atoms with Crippen LogP contribution in [-0.4, -0.2) is 43.0 Å². The Kier molecular flexibility index (Phi) is 4.73. The number of amides is 1. The predicted octanol–water partition coefficient (Wildman–Crippen LogP) is 1.31. The molecule has 4 heteroatoms. The lowest BCUT2D eigenvalue weighted by Gasteiger charge is -2.33. The normalized spacial score (nSPS) is 20.6. The maximum atomic E-state index is 11.8. The highest BCUT2D eigenvalue weighted by atomic mass is 16.1. The lowest BCUT2D eigenvalue weighted by Crippen LogP contribution is -2.50. The Hall–Kier alpha value is -1.39. The minimum Gasteiger partial charge on any atom is -0.326 e. The Morgan fingerprint density at radius 3 is 2.94 bits per heavy atom. The second-order valence-corrected chi connectivity index (χ2v) is 4.75. The third-order valence-electron chi connectivity index (χ3n) is 3.32. The first-order valence-electron chi connectivity index (χ1n) is 6.55. The van der Waals surface area contributed by atoms with E-state index in [0.29, 0.717) is 12.5 Å². The van der Waals surface area contributed by atoms with E-state index in [1.165, 1.54) is 0 Å². The van der Waals surface area contributed by atoms with Crippen molar-refractivity contribution in [3.63, 3.8) is 0 Å². The van der Waals surface area contributed by atoms with Gasteiger partial charge in [0.1, 0.15) is 0 Å². The molecule has 1 amide bonds. The largest absolute Gasteiger partial charge is 0.326 e. The topological polar surface area (TPSA) is 44.4 Å². The average molecular weight is 247 g/mol. The molecule has 1 heterocycles. The summed E-state index contributed by atoms with van der Waals surface area (Å²) in [5.74, 6) is 0.0898. The first-order chi connectivity index (χ1) is 8.75. The van der Waals surface area contributed by atoms with Gasteiger partial charge in [0.25, 0.3) is 0 Å². The van der Waals surface area contributed by atoms with Gasteiger partial charge >= 0.3 is 0 Å². The first-order valence-corrected chi connectivity index (χ1v) is 6.55. The van der Waals surface area contributed by atoms with E-state index >= 15 is 0 Å². The highest BCUT2D eigenvalue weighted by Gasteiger charge is 2.18. The molecule has 0 aliphatic carbocycles. The minimum atomic E-state index is 0.0898. The Labute approximate surface area is 108 Å². The Morgan fingerprint density at radius 2 is 2.22 bits per heavy atom. The molecule has 2 N–H and O–H groups in total. The van der Waals surface area contributed by atoms with Crippen LogP contribution < -0.4 is 10.6 Å². The zero-order valence-electron chi connectivity index (χ0n) is 10.9. The van der Waals surface area contributed by atoms with Gasteiger partial charge in [0.2, 0.25) is 5.91 Å². The number of carbonyl (C=O) groups is 1. The minimum absolute atomic E-state index is 0.0898. The molecule has 4 nitrogen and oxygen atoms in total. The van der Waals surface area contributed by atoms with Gasteiger partial charge in [-0.05, 0) is 19.1 Å². The van der Waals surface area contributed by atoms with Gasteiger partial charge in [-0.25, -0.2) is 0 Å². The quantitative estimate of drug-likeness (QED) is 0.843. The maximum absolute atomic E-state index is 11.8. The van der Waals surface area contributed by atoms with Crippen molar-refractivity contribution in [3.05, 3.63) is 30.3 Å². The van der Waals surface area contributed by atoms with E-state index in [0.717, 1.165) is 31.9 Å². The SMILES string of the molecule is CC1CNCCN1CCC(=O)Nc1ccccc1. The van der Waals surface area contributed by atoms with Gasteiger partial charge in [-0.1, -0.05) is 18.2 Å². The number of para-hydroxylation sites is 1. The highest BCUT2D eigenvalue weighted by molar-refractivity contribution is 5.90. The van der Waals surface area contributed by atoms with Crippen LogP contribution in [0.15, 0.2) is 30.3 Å². The summed E-state index contributed by atoms with van der Waals surface area (Å²) in [6.45, 7) is 6.09. The third-order valence-corrected chi connectivity index (χ3v) is 3.32. The number of benzene rings is 1. The predicted molar refractivity (Wildman–Crippen MR) is 73.6 cm³/mol. The van der Waals surface area contributed by atoms with Crippen molar-refractivity contribution in [3.8, 4) is 0 Å². The fourth-order valence-electron chi connectivity index (χ4n) is 2.21. The van der Waals surface area contributed by atoms with Crippen LogP contribution in [0.3, 0.4) is 0 Å². The van der Waals surface area contributed by atoms with Crippen molar-refractivity contribution < 1.29 is 4.79 Å². The number of hydrogen-bond donors (Lipinski definition) is 2. The van der Waals surface area contributed by atoms with Gasteiger partial charge in [-0.3, -0.25) is 9.69 Å². The molecule has 1 saturated heterocycles. The van der Waals surface area contributed by atoms with E-state index in [2.05, 4.69) is 22.5 Å². The van der Waals surface area contributed by atoms with Crippen LogP contribution in [0.5, 0.6) is 0 Å². The summed E-state index contributed by atoms with van der Waals surface area (Å²) < 4.78 is 0. The van der Waals surface area contributed by atoms with E-state index in [-0.39, 0.29) is 5.91 Å². The molecule has 0 radical (unpaired) electrons. The second-order valence-electron chi connectivity index (χ2n) is 4.75. The van der Waals surface area contributed by atoms with Gasteiger partial charge in [0.05, 0.1) is 0 Å². The lowest BCUT2D eigenvalue weighted by molar-refractivity contribution is -0.116. The summed E-state index contributed by atoms with van der Waals surface area (Å²) in [5, 5.41) is 6.26. The van der Waals surface area contributed by atoms with Crippen LogP contribution in [-0.2, 0) is 4.79 Å². The fourth-order valence-corrected chi connectivity index (χ4v) is 2.21. The molecule has 1 unspecified atom stereocenters. The van der Waals surface area contributed by atoms with Gasteiger partial charge < -0.3 is 10.6 Å². The Balaban J connectivity index is 1.74. The van der Waals surface area contributed by atoms with Crippen molar-refractivity contribution in [1.29, 1.82) is 0 Å². The van der Waals surface area contributed by atoms with E-state index in [9.17, 15) is 4.79 Å². The van der Waals surface area contributed by atoms with Gasteiger partial charge in [0, 0.05) is 44.3 Å². The molecule has 1 aliphatic rings. The standard InChI is InChI=1S/C14H21N3O/c1-12-11-15-8-10-17(12)9-7-14(18)16-13-5-3-2-4-6-13/h2-6,12,15H,7-11H2,1H3,(H,16,18). The molecule has 0 spiro atoms. The summed E-state index contributed by atoms with van der Waals surface area (Å²) in [6, 6.07) is 10.1. The molecule has 1 aromatic rings. The molecule has 0 saturated carbocycles. The van der Waals surface area contributed by atoms with E-state index in [1.54, 1.807) is 0 Å². The van der Waals surface area contributed by atoms with Crippen LogP contribution in [0.2, 0.25) is 0 Å². The van der Waals surface area contributed by atoms with E-state index < -0.39 is 0 Å². The summed E-state index contributed by atoms with van der Waals surface area (Å²) in [6.07, 6.45) is 0.555. The maximum Gasteiger partial charge on any atom is 0.225 e. The smallest absolute Gasteiger partial charge is 0.225 e. The Bertz CT molecular complexity index is 380. The third kappa shape index (κ3) is 3.82. The fraction of sp³-hybridized carbons (Fsp3) is 0.500. The summed E-state index contributed by atoms with van der Waals surface area (Å²) >= 11 is 0. The summed E-state index contributed by atoms with van der Waals surface area (Å²) in [4.78, 5) is 14.2. The van der Waals surface area contributed by atoms with Crippen molar-refractivity contribution in [2.75, 3.05) is 31.5 Å². The number of carbonyl (C=O) groups excluding carboxylic acids is 1. The van der Waals surface area contributed by atoms with Crippen LogP contribution >= 0.6 is 0 Å². The number of nitrogens with one attached hydrogen (secondary N) is 2. The molecule has 0 bridgehead atoms. The molecular formula is C14H21N3O. The van der Waals surface area contributed by atoms with Crippen molar-refractivity contribution in [2.45, 2.75) is 19.4 Å². The zero-order valence-corrected chi connectivity index (χ0v) is 10.9. The van der Waals surface area contributed by atoms with E-state index in [1.807, 2.05) is 30.3 Å². The molecule has 98 valence electrons. The number of nitrogens with zero attached hydrogens (tertiary/aromatic N) is 1. The molecule has 18 heavy (non-hydrogen) atoms. The first kappa shape index (κ1) is 13.1. The lowest BCUT2D eigenvalue weighted by atomic mass is 10.2. The molecule has 1 aliphatic heterocycles. The molecular weight excluding hydrogens is 226 g/mol. The van der Waals surface area contributed by atoms with Crippen LogP contribution in [0.25, 0.3) is 0 Å². The molecule has 1 aromatic carbocycles. The van der Waals surface area contributed by atoms with E-state index in [4.69, 9.17) is 0 Å². The van der Waals surface area contributed by atoms with Crippen molar-refractivity contribution in [1.82, 2.24) is 10.2 Å². The molecule has 2 rings (SSSR count). The zero-order chi connectivity index (χ0) is 12.8. The van der Waals surface area contributed by atoms with Crippen LogP contribution in [0.1, 0.15) is 13.3 Å². The second kappa shape index (κ2) is 6.52. The van der Waals surface area contributed by atoms with Gasteiger partial charge in [0.15, 0.2) is 0 Å². The number of hydrogen-bond acceptors (Lipinski definition) is 3. The number of piperazine rings is 1. The molecule has 1 atom stereocenters. The summed E-state index contributed by atoms with van der Waals surface area (Å²) in [7, 11) is 0. The average Bonchev–Trinajstić information content (AvgIpc) is 2.39. The molecule has 0 aromatic heterocycles. The van der Waals surface area contributed by atoms with Gasteiger partial charge in [-0.2, -0.15) is 0 Å². The van der Waals surface area contributed by atoms with Crippen molar-refractivity contribution in [2.24, 2.45) is 0 Å². The van der Waals surface area contributed by atoms with Crippen LogP contribution in [0.4, 0.5) is 5.69 Å². The van der Waals surface area contributed by atoms with Crippen LogP contribution in [0, 0.1) is 0 Å². The summed E-state index contributed by atoms with van der Waals surface area (Å²) in [5.41, 5.74) is 0.871. The van der Waals surface area contributed by atoms with Crippen molar-refractivity contribution >= 4 is 11.6 Å². The molecule has 1 fully saturated rings. The Morgan fingerprint density at radius 1 is 1.44 bits per heavy atom. The monoisotopic (exact) mass is 247 g/mol.